The fraction of sp³-hybridized carbons (Fsp3) is 0.533. The van der Waals surface area contributed by atoms with Gasteiger partial charge in [0.15, 0.2) is 0 Å². The zero-order chi connectivity index (χ0) is 14.8. The van der Waals surface area contributed by atoms with E-state index in [4.69, 9.17) is 11.5 Å². The Morgan fingerprint density at radius 2 is 2.00 bits per heavy atom. The van der Waals surface area contributed by atoms with Crippen LogP contribution in [0.2, 0.25) is 0 Å². The van der Waals surface area contributed by atoms with Gasteiger partial charge in [-0.05, 0) is 45.1 Å². The number of carbonyl (C=O) groups is 1. The number of nitrogens with zero attached hydrogens (tertiary/aromatic N) is 1. The summed E-state index contributed by atoms with van der Waals surface area (Å²) in [6.07, 6.45) is 4.95. The molecule has 0 heterocycles. The average Bonchev–Trinajstić information content (AvgIpc) is 2.87. The summed E-state index contributed by atoms with van der Waals surface area (Å²) in [5, 5.41) is 3.42. The summed E-state index contributed by atoms with van der Waals surface area (Å²) < 4.78 is 0. The monoisotopic (exact) mass is 276 g/mol. The highest BCUT2D eigenvalue weighted by Crippen LogP contribution is 2.34. The molecule has 0 saturated heterocycles. The third-order valence-electron chi connectivity index (χ3n) is 4.43. The smallest absolute Gasteiger partial charge is 0.248 e. The molecule has 0 radical (unpaired) electrons. The normalized spacial score (nSPS) is 17.4. The predicted octanol–water partition coefficient (Wildman–Crippen LogP) is 1.65. The van der Waals surface area contributed by atoms with Crippen LogP contribution in [0.15, 0.2) is 18.2 Å². The van der Waals surface area contributed by atoms with Crippen molar-refractivity contribution in [1.82, 2.24) is 4.90 Å². The van der Waals surface area contributed by atoms with Crippen LogP contribution in [0, 0.1) is 0 Å². The third kappa shape index (κ3) is 2.88. The number of primary amides is 1. The molecule has 2 rings (SSSR count). The number of hydrogen-bond donors (Lipinski definition) is 3. The number of benzene rings is 1. The molecule has 1 aromatic carbocycles. The van der Waals surface area contributed by atoms with Gasteiger partial charge in [0, 0.05) is 17.6 Å². The van der Waals surface area contributed by atoms with Gasteiger partial charge < -0.3 is 21.7 Å². The lowest BCUT2D eigenvalue weighted by atomic mass is 9.96. The molecule has 1 aliphatic rings. The van der Waals surface area contributed by atoms with E-state index in [1.54, 1.807) is 12.1 Å². The van der Waals surface area contributed by atoms with E-state index in [9.17, 15) is 4.79 Å². The molecule has 1 fully saturated rings. The molecule has 0 unspecified atom stereocenters. The minimum absolute atomic E-state index is 0.203. The van der Waals surface area contributed by atoms with Gasteiger partial charge in [-0.25, -0.2) is 0 Å². The first-order chi connectivity index (χ1) is 9.44. The van der Waals surface area contributed by atoms with E-state index >= 15 is 0 Å². The minimum atomic E-state index is -0.455. The van der Waals surface area contributed by atoms with Crippen molar-refractivity contribution in [3.8, 4) is 0 Å². The van der Waals surface area contributed by atoms with Crippen LogP contribution in [0.4, 0.5) is 11.4 Å². The van der Waals surface area contributed by atoms with Crippen LogP contribution in [-0.4, -0.2) is 37.0 Å². The summed E-state index contributed by atoms with van der Waals surface area (Å²) in [7, 11) is 4.26. The topological polar surface area (TPSA) is 84.4 Å². The van der Waals surface area contributed by atoms with Crippen molar-refractivity contribution < 1.29 is 4.79 Å². The predicted molar refractivity (Wildman–Crippen MR) is 82.7 cm³/mol. The molecule has 0 bridgehead atoms. The maximum Gasteiger partial charge on any atom is 0.248 e. The highest BCUT2D eigenvalue weighted by atomic mass is 16.1. The van der Waals surface area contributed by atoms with Gasteiger partial charge in [0.05, 0.1) is 11.4 Å². The molecule has 1 saturated carbocycles. The van der Waals surface area contributed by atoms with E-state index in [0.717, 1.165) is 12.2 Å². The number of rotatable bonds is 5. The molecule has 5 nitrogen and oxygen atoms in total. The summed E-state index contributed by atoms with van der Waals surface area (Å²) in [6, 6.07) is 5.16. The molecule has 0 aromatic heterocycles. The van der Waals surface area contributed by atoms with E-state index in [0.29, 0.717) is 11.3 Å². The van der Waals surface area contributed by atoms with Gasteiger partial charge in [-0.2, -0.15) is 0 Å². The molecule has 0 atom stereocenters. The van der Waals surface area contributed by atoms with Crippen LogP contribution < -0.4 is 16.8 Å². The molecular weight excluding hydrogens is 252 g/mol. The Kier molecular flexibility index (Phi) is 4.18. The Morgan fingerprint density at radius 1 is 1.35 bits per heavy atom. The van der Waals surface area contributed by atoms with Crippen molar-refractivity contribution in [1.29, 1.82) is 0 Å². The van der Waals surface area contributed by atoms with Crippen molar-refractivity contribution in [3.63, 3.8) is 0 Å². The van der Waals surface area contributed by atoms with Crippen LogP contribution in [0.3, 0.4) is 0 Å². The van der Waals surface area contributed by atoms with E-state index in [1.165, 1.54) is 25.7 Å². The van der Waals surface area contributed by atoms with E-state index in [-0.39, 0.29) is 5.54 Å². The summed E-state index contributed by atoms with van der Waals surface area (Å²) in [5.74, 6) is -0.455. The lowest BCUT2D eigenvalue weighted by molar-refractivity contribution is 0.100. The van der Waals surface area contributed by atoms with Gasteiger partial charge in [-0.15, -0.1) is 0 Å². The molecule has 5 N–H and O–H groups in total. The zero-order valence-electron chi connectivity index (χ0n) is 12.3. The molecule has 20 heavy (non-hydrogen) atoms. The number of amides is 1. The number of anilines is 2. The van der Waals surface area contributed by atoms with E-state index in [2.05, 4.69) is 24.3 Å². The summed E-state index contributed by atoms with van der Waals surface area (Å²) in [4.78, 5) is 13.4. The Labute approximate surface area is 120 Å². The van der Waals surface area contributed by atoms with Gasteiger partial charge in [0.2, 0.25) is 5.91 Å². The largest absolute Gasteiger partial charge is 0.397 e. The van der Waals surface area contributed by atoms with Crippen LogP contribution >= 0.6 is 0 Å². The van der Waals surface area contributed by atoms with Crippen LogP contribution in [0.1, 0.15) is 36.0 Å². The van der Waals surface area contributed by atoms with E-state index in [1.807, 2.05) is 6.07 Å². The standard InChI is InChI=1S/C15H24N4O/c1-19(2)15(7-3-4-8-15)10-18-13-6-5-11(14(17)20)9-12(13)16/h5-6,9,18H,3-4,7-8,10,16H2,1-2H3,(H2,17,20). The third-order valence-corrected chi connectivity index (χ3v) is 4.43. The van der Waals surface area contributed by atoms with Crippen molar-refractivity contribution in [3.05, 3.63) is 23.8 Å². The molecule has 110 valence electrons. The molecule has 1 aromatic rings. The fourth-order valence-electron chi connectivity index (χ4n) is 2.95. The number of carbonyl (C=O) groups excluding carboxylic acids is 1. The lowest BCUT2D eigenvalue weighted by Gasteiger charge is -2.37. The quantitative estimate of drug-likeness (QED) is 0.714. The maximum absolute atomic E-state index is 11.1. The van der Waals surface area contributed by atoms with Gasteiger partial charge in [0.25, 0.3) is 0 Å². The van der Waals surface area contributed by atoms with Crippen molar-refractivity contribution >= 4 is 17.3 Å². The van der Waals surface area contributed by atoms with Crippen LogP contribution in [0.25, 0.3) is 0 Å². The summed E-state index contributed by atoms with van der Waals surface area (Å²) in [6.45, 7) is 0.861. The molecule has 1 aliphatic carbocycles. The van der Waals surface area contributed by atoms with E-state index < -0.39 is 5.91 Å². The first kappa shape index (κ1) is 14.7. The second-order valence-corrected chi connectivity index (χ2v) is 5.85. The van der Waals surface area contributed by atoms with Gasteiger partial charge in [-0.3, -0.25) is 4.79 Å². The number of hydrogen-bond acceptors (Lipinski definition) is 4. The number of nitrogens with two attached hydrogens (primary N) is 2. The second kappa shape index (κ2) is 5.71. The number of nitrogens with one attached hydrogen (secondary N) is 1. The van der Waals surface area contributed by atoms with Crippen molar-refractivity contribution in [2.75, 3.05) is 31.7 Å². The highest BCUT2D eigenvalue weighted by molar-refractivity contribution is 5.94. The van der Waals surface area contributed by atoms with Crippen molar-refractivity contribution in [2.45, 2.75) is 31.2 Å². The van der Waals surface area contributed by atoms with Crippen LogP contribution in [-0.2, 0) is 0 Å². The van der Waals surface area contributed by atoms with Crippen LogP contribution in [0.5, 0.6) is 0 Å². The lowest BCUT2D eigenvalue weighted by Crippen LogP contribution is -2.47. The van der Waals surface area contributed by atoms with Gasteiger partial charge >= 0.3 is 0 Å². The molecule has 1 amide bonds. The highest BCUT2D eigenvalue weighted by Gasteiger charge is 2.35. The molecule has 5 heteroatoms. The molecular formula is C15H24N4O. The first-order valence-corrected chi connectivity index (χ1v) is 7.05. The Morgan fingerprint density at radius 3 is 2.50 bits per heavy atom. The average molecular weight is 276 g/mol. The van der Waals surface area contributed by atoms with Gasteiger partial charge in [-0.1, -0.05) is 12.8 Å². The molecule has 0 spiro atoms. The summed E-state index contributed by atoms with van der Waals surface area (Å²) in [5.41, 5.74) is 13.3. The number of nitrogen functional groups attached to an aromatic ring is 1. The zero-order valence-corrected chi connectivity index (χ0v) is 12.3. The summed E-state index contributed by atoms with van der Waals surface area (Å²) >= 11 is 0. The Balaban J connectivity index is 2.09. The maximum atomic E-state index is 11.1. The minimum Gasteiger partial charge on any atom is -0.397 e. The SMILES string of the molecule is CN(C)C1(CNc2ccc(C(N)=O)cc2N)CCCC1. The first-order valence-electron chi connectivity index (χ1n) is 7.05. The fourth-order valence-corrected chi connectivity index (χ4v) is 2.95. The van der Waals surface area contributed by atoms with Crippen molar-refractivity contribution in [2.24, 2.45) is 5.73 Å². The van der Waals surface area contributed by atoms with Gasteiger partial charge in [0.1, 0.15) is 0 Å². The molecule has 0 aliphatic heterocycles. The number of likely N-dealkylation sites (N-methyl/N-ethyl adjacent to an activating group) is 1. The Hall–Kier alpha value is -1.75. The second-order valence-electron chi connectivity index (χ2n) is 5.85. The Bertz CT molecular complexity index is 493.